The average Bonchev–Trinajstić information content (AvgIpc) is 3.10. The number of hydrogen-bond acceptors (Lipinski definition) is 2. The molecule has 1 aliphatic rings. The Labute approximate surface area is 172 Å². The first-order chi connectivity index (χ1) is 14.0. The van der Waals surface area contributed by atoms with Crippen molar-refractivity contribution in [2.24, 2.45) is 0 Å². The molecule has 0 aliphatic heterocycles. The van der Waals surface area contributed by atoms with Crippen LogP contribution in [0.15, 0.2) is 72.8 Å². The molecule has 1 aliphatic carbocycles. The van der Waals surface area contributed by atoms with Gasteiger partial charge in [-0.25, -0.2) is 0 Å². The van der Waals surface area contributed by atoms with Gasteiger partial charge in [0.05, 0.1) is 11.5 Å². The lowest BCUT2D eigenvalue weighted by Crippen LogP contribution is -2.41. The highest BCUT2D eigenvalue weighted by atomic mass is 16.5. The zero-order valence-electron chi connectivity index (χ0n) is 17.2. The Morgan fingerprint density at radius 2 is 1.48 bits per heavy atom. The molecule has 0 radical (unpaired) electrons. The Morgan fingerprint density at radius 3 is 2.03 bits per heavy atom. The zero-order chi connectivity index (χ0) is 20.4. The van der Waals surface area contributed by atoms with Crippen molar-refractivity contribution < 1.29 is 9.53 Å². The van der Waals surface area contributed by atoms with Crippen molar-refractivity contribution in [2.45, 2.75) is 45.1 Å². The first-order valence-corrected chi connectivity index (χ1v) is 10.2. The number of carbonyl (C=O) groups is 1. The molecule has 4 rings (SSSR count). The Balaban J connectivity index is 1.63. The minimum Gasteiger partial charge on any atom is -0.491 e. The summed E-state index contributed by atoms with van der Waals surface area (Å²) in [4.78, 5) is 13.6. The highest BCUT2D eigenvalue weighted by molar-refractivity contribution is 6.00. The number of nitrogens with one attached hydrogen (secondary N) is 1. The molecule has 0 spiro atoms. The van der Waals surface area contributed by atoms with Crippen LogP contribution in [0, 0.1) is 6.92 Å². The highest BCUT2D eigenvalue weighted by Crippen LogP contribution is 2.41. The van der Waals surface area contributed by atoms with Gasteiger partial charge in [-0.2, -0.15) is 0 Å². The van der Waals surface area contributed by atoms with Crippen LogP contribution in [0.3, 0.4) is 0 Å². The summed E-state index contributed by atoms with van der Waals surface area (Å²) in [7, 11) is 0. The molecule has 3 aromatic carbocycles. The lowest BCUT2D eigenvalue weighted by molar-refractivity contribution is -0.121. The monoisotopic (exact) mass is 385 g/mol. The van der Waals surface area contributed by atoms with E-state index in [2.05, 4.69) is 60.8 Å². The normalized spacial score (nSPS) is 14.5. The van der Waals surface area contributed by atoms with E-state index >= 15 is 0 Å². The molecule has 29 heavy (non-hydrogen) atoms. The van der Waals surface area contributed by atoms with Gasteiger partial charge in [0.1, 0.15) is 5.75 Å². The number of rotatable bonds is 5. The molecule has 3 heteroatoms. The van der Waals surface area contributed by atoms with Crippen LogP contribution in [0.2, 0.25) is 0 Å². The molecule has 0 unspecified atom stereocenters. The maximum absolute atomic E-state index is 13.6. The van der Waals surface area contributed by atoms with Gasteiger partial charge >= 0.3 is 0 Å². The number of benzene rings is 3. The molecule has 0 atom stereocenters. The molecule has 3 nitrogen and oxygen atoms in total. The van der Waals surface area contributed by atoms with Crippen molar-refractivity contribution >= 4 is 11.6 Å². The summed E-state index contributed by atoms with van der Waals surface area (Å²) in [6.45, 7) is 6.07. The van der Waals surface area contributed by atoms with E-state index in [0.29, 0.717) is 12.8 Å². The number of anilines is 1. The summed E-state index contributed by atoms with van der Waals surface area (Å²) in [5.41, 5.74) is 4.96. The van der Waals surface area contributed by atoms with Gasteiger partial charge in [0, 0.05) is 5.69 Å². The summed E-state index contributed by atoms with van der Waals surface area (Å²) >= 11 is 0. The molecular formula is C26H27NO2. The third kappa shape index (κ3) is 3.91. The fourth-order valence-electron chi connectivity index (χ4n) is 4.12. The number of aryl methyl sites for hydroxylation is 1. The van der Waals surface area contributed by atoms with Crippen LogP contribution in [-0.2, 0) is 23.1 Å². The molecule has 1 N–H and O–H groups in total. The molecular weight excluding hydrogens is 358 g/mol. The lowest BCUT2D eigenvalue weighted by Gasteiger charge is -2.29. The summed E-state index contributed by atoms with van der Waals surface area (Å²) in [5, 5.41) is 3.16. The van der Waals surface area contributed by atoms with Crippen LogP contribution in [0.25, 0.3) is 0 Å². The van der Waals surface area contributed by atoms with Crippen molar-refractivity contribution in [1.82, 2.24) is 0 Å². The number of hydrogen-bond donors (Lipinski definition) is 1. The molecule has 0 saturated heterocycles. The molecule has 0 fully saturated rings. The van der Waals surface area contributed by atoms with Crippen molar-refractivity contribution in [3.63, 3.8) is 0 Å². The summed E-state index contributed by atoms with van der Waals surface area (Å²) in [6.07, 6.45) is 1.55. The van der Waals surface area contributed by atoms with E-state index in [4.69, 9.17) is 4.74 Å². The van der Waals surface area contributed by atoms with Crippen molar-refractivity contribution in [3.05, 3.63) is 95.1 Å². The van der Waals surface area contributed by atoms with Crippen LogP contribution in [0.4, 0.5) is 5.69 Å². The van der Waals surface area contributed by atoms with E-state index in [0.717, 1.165) is 17.0 Å². The summed E-state index contributed by atoms with van der Waals surface area (Å²) in [5.74, 6) is 0.842. The van der Waals surface area contributed by atoms with E-state index in [-0.39, 0.29) is 12.0 Å². The molecule has 0 saturated carbocycles. The van der Waals surface area contributed by atoms with Gasteiger partial charge in [-0.3, -0.25) is 4.79 Å². The van der Waals surface area contributed by atoms with Gasteiger partial charge in [-0.15, -0.1) is 0 Å². The SMILES string of the molecule is Cc1ccc(C2(C(=O)Nc3ccc(OC(C)C)cc3)Cc3ccccc3C2)cc1. The Kier molecular flexibility index (Phi) is 5.14. The summed E-state index contributed by atoms with van der Waals surface area (Å²) in [6, 6.07) is 24.4. The fourth-order valence-corrected chi connectivity index (χ4v) is 4.12. The maximum Gasteiger partial charge on any atom is 0.235 e. The third-order valence-corrected chi connectivity index (χ3v) is 5.63. The van der Waals surface area contributed by atoms with Crippen molar-refractivity contribution in [2.75, 3.05) is 5.32 Å². The molecule has 148 valence electrons. The van der Waals surface area contributed by atoms with Crippen LogP contribution in [0.1, 0.15) is 36.1 Å². The second kappa shape index (κ2) is 7.75. The smallest absolute Gasteiger partial charge is 0.235 e. The molecule has 0 bridgehead atoms. The van der Waals surface area contributed by atoms with E-state index in [1.54, 1.807) is 0 Å². The molecule has 0 aromatic heterocycles. The van der Waals surface area contributed by atoms with Crippen molar-refractivity contribution in [3.8, 4) is 5.75 Å². The van der Waals surface area contributed by atoms with Gasteiger partial charge in [0.15, 0.2) is 0 Å². The van der Waals surface area contributed by atoms with Crippen molar-refractivity contribution in [1.29, 1.82) is 0 Å². The number of fused-ring (bicyclic) bond motifs is 1. The first kappa shape index (κ1) is 19.3. The molecule has 0 heterocycles. The lowest BCUT2D eigenvalue weighted by atomic mass is 9.76. The van der Waals surface area contributed by atoms with E-state index in [1.165, 1.54) is 16.7 Å². The average molecular weight is 386 g/mol. The Morgan fingerprint density at radius 1 is 0.897 bits per heavy atom. The van der Waals surface area contributed by atoms with Gasteiger partial charge in [0.2, 0.25) is 5.91 Å². The third-order valence-electron chi connectivity index (χ3n) is 5.63. The van der Waals surface area contributed by atoms with Crippen LogP contribution in [-0.4, -0.2) is 12.0 Å². The van der Waals surface area contributed by atoms with Gasteiger partial charge in [-0.05, 0) is 74.6 Å². The standard InChI is InChI=1S/C26H27NO2/c1-18(2)29-24-14-12-23(13-15-24)27-25(28)26(22-10-8-19(3)9-11-22)16-20-6-4-5-7-21(20)17-26/h4-15,18H,16-17H2,1-3H3,(H,27,28). The quantitative estimate of drug-likeness (QED) is 0.633. The minimum atomic E-state index is -0.593. The van der Waals surface area contributed by atoms with E-state index < -0.39 is 5.41 Å². The second-order valence-electron chi connectivity index (χ2n) is 8.22. The predicted octanol–water partition coefficient (Wildman–Crippen LogP) is 5.46. The largest absolute Gasteiger partial charge is 0.491 e. The number of amides is 1. The van der Waals surface area contributed by atoms with Gasteiger partial charge in [0.25, 0.3) is 0 Å². The zero-order valence-corrected chi connectivity index (χ0v) is 17.2. The second-order valence-corrected chi connectivity index (χ2v) is 8.22. The van der Waals surface area contributed by atoms with E-state index in [1.807, 2.05) is 38.1 Å². The summed E-state index contributed by atoms with van der Waals surface area (Å²) < 4.78 is 5.70. The van der Waals surface area contributed by atoms with Gasteiger partial charge < -0.3 is 10.1 Å². The van der Waals surface area contributed by atoms with Gasteiger partial charge in [-0.1, -0.05) is 54.1 Å². The van der Waals surface area contributed by atoms with E-state index in [9.17, 15) is 4.79 Å². The molecule has 3 aromatic rings. The fraction of sp³-hybridized carbons (Fsp3) is 0.269. The topological polar surface area (TPSA) is 38.3 Å². The minimum absolute atomic E-state index is 0.0371. The van der Waals surface area contributed by atoms with Crippen LogP contribution in [0.5, 0.6) is 5.75 Å². The van der Waals surface area contributed by atoms with Crippen LogP contribution >= 0.6 is 0 Å². The highest BCUT2D eigenvalue weighted by Gasteiger charge is 2.45. The first-order valence-electron chi connectivity index (χ1n) is 10.2. The maximum atomic E-state index is 13.6. The van der Waals surface area contributed by atoms with Crippen LogP contribution < -0.4 is 10.1 Å². The Bertz CT molecular complexity index is 979. The number of carbonyl (C=O) groups excluding carboxylic acids is 1. The number of ether oxygens (including phenoxy) is 1. The molecule has 1 amide bonds. The Hall–Kier alpha value is -3.07. The predicted molar refractivity (Wildman–Crippen MR) is 118 cm³/mol.